The number of rotatable bonds is 8. The molecule has 4 rings (SSSR count). The molecule has 2 aromatic heterocycles. The van der Waals surface area contributed by atoms with E-state index < -0.39 is 29.2 Å². The van der Waals surface area contributed by atoms with Crippen molar-refractivity contribution >= 4 is 70.0 Å². The van der Waals surface area contributed by atoms with Gasteiger partial charge in [-0.1, -0.05) is 22.0 Å². The second kappa shape index (κ2) is 11.7. The Morgan fingerprint density at radius 1 is 1.47 bits per heavy atom. The predicted molar refractivity (Wildman–Crippen MR) is 127 cm³/mol. The number of carbonyl (C=O) groups excluding carboxylic acids is 2. The molecule has 2 aromatic rings. The van der Waals surface area contributed by atoms with Crippen LogP contribution < -0.4 is 16.9 Å². The van der Waals surface area contributed by atoms with Crippen molar-refractivity contribution in [1.82, 2.24) is 35.5 Å². The maximum absolute atomic E-state index is 12.8. The van der Waals surface area contributed by atoms with Crippen LogP contribution >= 0.6 is 34.9 Å². The second-order valence-corrected chi connectivity index (χ2v) is 9.55. The molecule has 2 amide bonds. The molecule has 192 valence electrons. The van der Waals surface area contributed by atoms with Crippen LogP contribution in [0, 0.1) is 0 Å². The average molecular weight is 559 g/mol. The number of thioether (sulfide) groups is 2. The first-order valence-corrected chi connectivity index (χ1v) is 12.4. The topological polar surface area (TPSA) is 254 Å². The summed E-state index contributed by atoms with van der Waals surface area (Å²) < 4.78 is 0. The first kappa shape index (κ1) is 26.7. The zero-order chi connectivity index (χ0) is 26.4. The molecule has 20 heteroatoms. The molecule has 1 saturated heterocycles. The van der Waals surface area contributed by atoms with Gasteiger partial charge in [-0.05, 0) is 16.0 Å². The lowest BCUT2D eigenvalue weighted by molar-refractivity contribution is -0.150. The van der Waals surface area contributed by atoms with Gasteiger partial charge < -0.3 is 31.9 Å². The largest absolute Gasteiger partial charge is 0.483 e. The lowest BCUT2D eigenvalue weighted by Crippen LogP contribution is -2.71. The van der Waals surface area contributed by atoms with Crippen LogP contribution in [-0.4, -0.2) is 100 Å². The number of anilines is 1. The molecule has 1 fully saturated rings. The van der Waals surface area contributed by atoms with Gasteiger partial charge in [-0.3, -0.25) is 19.3 Å². The Labute approximate surface area is 213 Å². The van der Waals surface area contributed by atoms with Gasteiger partial charge in [0.05, 0.1) is 0 Å². The quantitative estimate of drug-likeness (QED) is 0.0587. The Balaban J connectivity index is 0.00000115. The molecular formula is C16H18N10O7S3. The SMILES string of the molecule is CO/N=C(\C(=O)N[C@@H]1C(=O)N2C(C(=O)O)=C(CSc3nnnn3N)CS[C@@H]12)c1csc(N)n1.O=CO. The van der Waals surface area contributed by atoms with Crippen LogP contribution in [0.1, 0.15) is 5.69 Å². The number of amides is 2. The third-order valence-corrected chi connectivity index (χ3v) is 7.57. The molecule has 0 saturated carbocycles. The highest BCUT2D eigenvalue weighted by Gasteiger charge is 2.54. The zero-order valence-corrected chi connectivity index (χ0v) is 20.6. The number of hydrogen-bond acceptors (Lipinski definition) is 15. The van der Waals surface area contributed by atoms with E-state index in [9.17, 15) is 19.5 Å². The van der Waals surface area contributed by atoms with Crippen LogP contribution in [0.25, 0.3) is 0 Å². The zero-order valence-electron chi connectivity index (χ0n) is 18.2. The Hall–Kier alpha value is -3.91. The normalized spacial score (nSPS) is 19.0. The minimum Gasteiger partial charge on any atom is -0.483 e. The highest BCUT2D eigenvalue weighted by molar-refractivity contribution is 8.01. The van der Waals surface area contributed by atoms with E-state index in [2.05, 4.69) is 31.0 Å². The van der Waals surface area contributed by atoms with Crippen LogP contribution in [0.5, 0.6) is 0 Å². The van der Waals surface area contributed by atoms with Crippen molar-refractivity contribution in [1.29, 1.82) is 0 Å². The van der Waals surface area contributed by atoms with Crippen molar-refractivity contribution in [3.63, 3.8) is 0 Å². The first-order valence-electron chi connectivity index (χ1n) is 9.50. The fourth-order valence-electron chi connectivity index (χ4n) is 3.13. The molecule has 36 heavy (non-hydrogen) atoms. The summed E-state index contributed by atoms with van der Waals surface area (Å²) in [6, 6.07) is -0.944. The van der Waals surface area contributed by atoms with Crippen LogP contribution in [-0.2, 0) is 24.0 Å². The summed E-state index contributed by atoms with van der Waals surface area (Å²) in [5, 5.41) is 35.1. The minimum absolute atomic E-state index is 0.129. The van der Waals surface area contributed by atoms with E-state index in [-0.39, 0.29) is 34.5 Å². The number of tetrazole rings is 1. The van der Waals surface area contributed by atoms with E-state index in [4.69, 9.17) is 26.3 Å². The summed E-state index contributed by atoms with van der Waals surface area (Å²) in [4.78, 5) is 56.8. The smallest absolute Gasteiger partial charge is 0.352 e. The van der Waals surface area contributed by atoms with Crippen LogP contribution in [0.4, 0.5) is 5.13 Å². The van der Waals surface area contributed by atoms with Gasteiger partial charge in [0, 0.05) is 16.9 Å². The number of nitrogens with zero attached hydrogens (tertiary/aromatic N) is 7. The summed E-state index contributed by atoms with van der Waals surface area (Å²) in [6.45, 7) is -0.250. The Bertz CT molecular complexity index is 1230. The molecule has 0 aliphatic carbocycles. The van der Waals surface area contributed by atoms with Gasteiger partial charge in [-0.25, -0.2) is 9.78 Å². The van der Waals surface area contributed by atoms with Gasteiger partial charge >= 0.3 is 5.97 Å². The number of carbonyl (C=O) groups is 4. The number of oxime groups is 1. The number of fused-ring (bicyclic) bond motifs is 1. The van der Waals surface area contributed by atoms with Crippen molar-refractivity contribution in [2.24, 2.45) is 5.16 Å². The van der Waals surface area contributed by atoms with Crippen molar-refractivity contribution in [3.8, 4) is 0 Å². The fraction of sp³-hybridized carbons (Fsp3) is 0.312. The predicted octanol–water partition coefficient (Wildman–Crippen LogP) is -1.99. The van der Waals surface area contributed by atoms with Gasteiger partial charge in [-0.15, -0.1) is 27.9 Å². The number of nitrogens with two attached hydrogens (primary N) is 2. The maximum atomic E-state index is 12.8. The van der Waals surface area contributed by atoms with E-state index in [0.717, 1.165) is 32.8 Å². The third-order valence-electron chi connectivity index (χ3n) is 4.54. The molecule has 2 aliphatic rings. The fourth-order valence-corrected chi connectivity index (χ4v) is 5.96. The van der Waals surface area contributed by atoms with Gasteiger partial charge in [-0.2, -0.15) is 0 Å². The number of carboxylic acids is 1. The molecule has 0 bridgehead atoms. The number of nitrogens with one attached hydrogen (secondary N) is 1. The van der Waals surface area contributed by atoms with Crippen molar-refractivity contribution in [2.45, 2.75) is 16.6 Å². The highest BCUT2D eigenvalue weighted by Crippen LogP contribution is 2.41. The lowest BCUT2D eigenvalue weighted by Gasteiger charge is -2.49. The first-order chi connectivity index (χ1) is 17.2. The Morgan fingerprint density at radius 2 is 2.19 bits per heavy atom. The van der Waals surface area contributed by atoms with Crippen molar-refractivity contribution < 1.29 is 34.2 Å². The second-order valence-electron chi connectivity index (χ2n) is 6.61. The van der Waals surface area contributed by atoms with Crippen LogP contribution in [0.3, 0.4) is 0 Å². The number of hydrogen-bond donors (Lipinski definition) is 5. The van der Waals surface area contributed by atoms with Gasteiger partial charge in [0.25, 0.3) is 18.3 Å². The van der Waals surface area contributed by atoms with Crippen LogP contribution in [0.15, 0.2) is 27.0 Å². The van der Waals surface area contributed by atoms with Gasteiger partial charge in [0.1, 0.15) is 29.9 Å². The number of thiazole rings is 1. The third kappa shape index (κ3) is 5.49. The molecule has 0 aromatic carbocycles. The van der Waals surface area contributed by atoms with Crippen LogP contribution in [0.2, 0.25) is 0 Å². The highest BCUT2D eigenvalue weighted by atomic mass is 32.2. The summed E-state index contributed by atoms with van der Waals surface area (Å²) in [5.74, 6) is 3.61. The molecular weight excluding hydrogens is 540 g/mol. The standard InChI is InChI=1S/C15H16N10O5S3.CH2O2/c1-30-21-7(6-4-32-14(16)18-6)10(26)19-8-11(27)24-9(13(28)29)5(2-31-12(8)24)3-33-15-20-22-23-25(15)17;2-1-3/h4,8,12H,2-3,17H2,1H3,(H2,16,18)(H,19,26)(H,28,29);1H,(H,2,3)/b21-7-;/t8-,12+;/m1./s1. The lowest BCUT2D eigenvalue weighted by atomic mass is 10.0. The number of aromatic nitrogens is 5. The van der Waals surface area contributed by atoms with E-state index in [1.54, 1.807) is 0 Å². The molecule has 4 heterocycles. The summed E-state index contributed by atoms with van der Waals surface area (Å²) in [6.07, 6.45) is 0. The van der Waals surface area contributed by atoms with E-state index >= 15 is 0 Å². The molecule has 0 unspecified atom stereocenters. The monoisotopic (exact) mass is 558 g/mol. The van der Waals surface area contributed by atoms with Crippen molar-refractivity contribution in [3.05, 3.63) is 22.3 Å². The van der Waals surface area contributed by atoms with E-state index in [0.29, 0.717) is 16.5 Å². The molecule has 17 nitrogen and oxygen atoms in total. The number of carboxylic acid groups (broad SMARTS) is 2. The summed E-state index contributed by atoms with van der Waals surface area (Å²) in [5.41, 5.74) is 6.04. The Morgan fingerprint density at radius 3 is 2.75 bits per heavy atom. The van der Waals surface area contributed by atoms with Gasteiger partial charge in [0.2, 0.25) is 5.16 Å². The molecule has 0 radical (unpaired) electrons. The number of β-lactam (4-membered cyclic amide) rings is 1. The van der Waals surface area contributed by atoms with Crippen molar-refractivity contribution in [2.75, 3.05) is 30.2 Å². The molecule has 7 N–H and O–H groups in total. The van der Waals surface area contributed by atoms with E-state index in [1.807, 2.05) is 0 Å². The summed E-state index contributed by atoms with van der Waals surface area (Å²) >= 11 is 3.59. The number of aliphatic carboxylic acids is 1. The minimum atomic E-state index is -1.25. The van der Waals surface area contributed by atoms with Gasteiger partial charge in [0.15, 0.2) is 10.8 Å². The molecule has 2 aliphatic heterocycles. The molecule has 0 spiro atoms. The number of nitrogen functional groups attached to an aromatic ring is 2. The maximum Gasteiger partial charge on any atom is 0.352 e. The Kier molecular flexibility index (Phi) is 8.66. The summed E-state index contributed by atoms with van der Waals surface area (Å²) in [7, 11) is 1.27. The van der Waals surface area contributed by atoms with E-state index in [1.165, 1.54) is 24.3 Å². The average Bonchev–Trinajstić information content (AvgIpc) is 3.46. The molecule has 2 atom stereocenters.